The van der Waals surface area contributed by atoms with Crippen molar-refractivity contribution in [2.24, 2.45) is 0 Å². The zero-order valence-corrected chi connectivity index (χ0v) is 15.2. The van der Waals surface area contributed by atoms with E-state index in [4.69, 9.17) is 4.42 Å². The van der Waals surface area contributed by atoms with E-state index in [1.54, 1.807) is 11.1 Å². The van der Waals surface area contributed by atoms with Gasteiger partial charge in [-0.3, -0.25) is 14.6 Å². The Morgan fingerprint density at radius 2 is 2.04 bits per heavy atom. The molecular formula is C20H20N4O4. The van der Waals surface area contributed by atoms with Gasteiger partial charge in [-0.15, -0.1) is 0 Å². The quantitative estimate of drug-likeness (QED) is 0.715. The number of hydrogen-bond acceptors (Lipinski definition) is 5. The number of aromatic nitrogens is 3. The highest BCUT2D eigenvalue weighted by Crippen LogP contribution is 2.27. The molecule has 8 nitrogen and oxygen atoms in total. The molecule has 0 spiro atoms. The van der Waals surface area contributed by atoms with Crippen molar-refractivity contribution in [1.82, 2.24) is 19.9 Å². The van der Waals surface area contributed by atoms with E-state index in [2.05, 4.69) is 15.0 Å². The first-order valence-corrected chi connectivity index (χ1v) is 9.20. The van der Waals surface area contributed by atoms with Crippen molar-refractivity contribution in [2.75, 3.05) is 13.1 Å². The molecule has 28 heavy (non-hydrogen) atoms. The van der Waals surface area contributed by atoms with Gasteiger partial charge in [-0.05, 0) is 18.4 Å². The minimum atomic E-state index is -0.692. The number of oxazole rings is 1. The van der Waals surface area contributed by atoms with Crippen LogP contribution in [0.4, 0.5) is 0 Å². The Morgan fingerprint density at radius 3 is 2.82 bits per heavy atom. The number of carbonyl (C=O) groups is 1. The van der Waals surface area contributed by atoms with Crippen LogP contribution in [0.5, 0.6) is 0 Å². The largest absolute Gasteiger partial charge is 0.445 e. The molecule has 0 unspecified atom stereocenters. The number of benzene rings is 1. The maximum Gasteiger partial charge on any atom is 0.326 e. The van der Waals surface area contributed by atoms with Crippen LogP contribution < -0.4 is 11.2 Å². The summed E-state index contributed by atoms with van der Waals surface area (Å²) in [4.78, 5) is 46.1. The zero-order valence-electron chi connectivity index (χ0n) is 15.2. The minimum absolute atomic E-state index is 0.00780. The average molecular weight is 380 g/mol. The SMILES string of the molecule is O=C(c1cc(=O)[nH]c(=O)[nH]1)N1CCC[C@H](c2ncc(Cc3ccccc3)o2)C1. The van der Waals surface area contributed by atoms with Crippen LogP contribution in [0.3, 0.4) is 0 Å². The summed E-state index contributed by atoms with van der Waals surface area (Å²) in [6.07, 6.45) is 4.05. The molecule has 1 amide bonds. The van der Waals surface area contributed by atoms with Crippen molar-refractivity contribution in [2.45, 2.75) is 25.2 Å². The van der Waals surface area contributed by atoms with Crippen molar-refractivity contribution >= 4 is 5.91 Å². The van der Waals surface area contributed by atoms with E-state index in [0.717, 1.165) is 30.2 Å². The van der Waals surface area contributed by atoms with E-state index in [-0.39, 0.29) is 17.5 Å². The molecule has 1 aromatic carbocycles. The average Bonchev–Trinajstić information content (AvgIpc) is 3.16. The minimum Gasteiger partial charge on any atom is -0.445 e. The lowest BCUT2D eigenvalue weighted by atomic mass is 9.97. The summed E-state index contributed by atoms with van der Waals surface area (Å²) in [5.74, 6) is 1.01. The Kier molecular flexibility index (Phi) is 4.92. The van der Waals surface area contributed by atoms with Crippen molar-refractivity contribution in [3.8, 4) is 0 Å². The van der Waals surface area contributed by atoms with Crippen LogP contribution in [-0.2, 0) is 6.42 Å². The summed E-state index contributed by atoms with van der Waals surface area (Å²) >= 11 is 0. The lowest BCUT2D eigenvalue weighted by molar-refractivity contribution is 0.0691. The monoisotopic (exact) mass is 380 g/mol. The molecule has 4 rings (SSSR count). The molecule has 3 aromatic rings. The molecule has 0 saturated carbocycles. The Balaban J connectivity index is 1.47. The van der Waals surface area contributed by atoms with Crippen LogP contribution in [0.2, 0.25) is 0 Å². The van der Waals surface area contributed by atoms with Gasteiger partial charge in [0.05, 0.1) is 12.1 Å². The summed E-state index contributed by atoms with van der Waals surface area (Å²) in [6.45, 7) is 0.987. The number of nitrogens with zero attached hydrogens (tertiary/aromatic N) is 2. The van der Waals surface area contributed by atoms with Gasteiger partial charge < -0.3 is 14.3 Å². The van der Waals surface area contributed by atoms with Gasteiger partial charge in [0.2, 0.25) is 0 Å². The molecule has 1 aliphatic heterocycles. The van der Waals surface area contributed by atoms with E-state index in [0.29, 0.717) is 25.4 Å². The highest BCUT2D eigenvalue weighted by atomic mass is 16.4. The van der Waals surface area contributed by atoms with E-state index in [1.165, 1.54) is 0 Å². The fraction of sp³-hybridized carbons (Fsp3) is 0.300. The van der Waals surface area contributed by atoms with Crippen LogP contribution in [0, 0.1) is 0 Å². The Morgan fingerprint density at radius 1 is 1.21 bits per heavy atom. The summed E-state index contributed by atoms with van der Waals surface area (Å²) < 4.78 is 5.94. The van der Waals surface area contributed by atoms with Crippen LogP contribution in [0.25, 0.3) is 0 Å². The third-order valence-electron chi connectivity index (χ3n) is 4.84. The van der Waals surface area contributed by atoms with Crippen molar-refractivity contribution < 1.29 is 9.21 Å². The predicted octanol–water partition coefficient (Wildman–Crippen LogP) is 1.66. The van der Waals surface area contributed by atoms with Gasteiger partial charge in [0.1, 0.15) is 11.5 Å². The first-order chi connectivity index (χ1) is 13.6. The molecule has 8 heteroatoms. The molecule has 3 heterocycles. The second-order valence-corrected chi connectivity index (χ2v) is 6.92. The molecular weight excluding hydrogens is 360 g/mol. The number of piperidine rings is 1. The first-order valence-electron chi connectivity index (χ1n) is 9.20. The lowest BCUT2D eigenvalue weighted by Gasteiger charge is -2.31. The molecule has 0 radical (unpaired) electrons. The number of rotatable bonds is 4. The first kappa shape index (κ1) is 18.0. The van der Waals surface area contributed by atoms with Crippen LogP contribution in [0.15, 0.2) is 56.6 Å². The van der Waals surface area contributed by atoms with Crippen LogP contribution in [0.1, 0.15) is 46.5 Å². The van der Waals surface area contributed by atoms with Gasteiger partial charge in [-0.2, -0.15) is 0 Å². The lowest BCUT2D eigenvalue weighted by Crippen LogP contribution is -2.41. The number of carbonyl (C=O) groups excluding carboxylic acids is 1. The fourth-order valence-corrected chi connectivity index (χ4v) is 3.51. The maximum absolute atomic E-state index is 12.7. The third-order valence-corrected chi connectivity index (χ3v) is 4.84. The number of nitrogens with one attached hydrogen (secondary N) is 2. The molecule has 1 aliphatic rings. The van der Waals surface area contributed by atoms with Gasteiger partial charge in [-0.1, -0.05) is 30.3 Å². The van der Waals surface area contributed by atoms with E-state index >= 15 is 0 Å². The maximum atomic E-state index is 12.7. The van der Waals surface area contributed by atoms with Gasteiger partial charge in [0.15, 0.2) is 5.89 Å². The second kappa shape index (κ2) is 7.67. The topological polar surface area (TPSA) is 112 Å². The molecule has 1 atom stereocenters. The highest BCUT2D eigenvalue weighted by molar-refractivity contribution is 5.92. The molecule has 2 aromatic heterocycles. The second-order valence-electron chi connectivity index (χ2n) is 6.92. The number of H-pyrrole nitrogens is 2. The molecule has 1 saturated heterocycles. The number of likely N-dealkylation sites (tertiary alicyclic amines) is 1. The van der Waals surface area contributed by atoms with Crippen molar-refractivity contribution in [1.29, 1.82) is 0 Å². The van der Waals surface area contributed by atoms with E-state index < -0.39 is 11.2 Å². The fourth-order valence-electron chi connectivity index (χ4n) is 3.51. The summed E-state index contributed by atoms with van der Waals surface area (Å²) in [5, 5.41) is 0. The summed E-state index contributed by atoms with van der Waals surface area (Å²) in [7, 11) is 0. The van der Waals surface area contributed by atoms with Crippen LogP contribution in [-0.4, -0.2) is 38.8 Å². The van der Waals surface area contributed by atoms with Gasteiger partial charge in [0.25, 0.3) is 11.5 Å². The van der Waals surface area contributed by atoms with E-state index in [9.17, 15) is 14.4 Å². The number of amides is 1. The highest BCUT2D eigenvalue weighted by Gasteiger charge is 2.29. The predicted molar refractivity (Wildman–Crippen MR) is 101 cm³/mol. The van der Waals surface area contributed by atoms with Crippen molar-refractivity contribution in [3.63, 3.8) is 0 Å². The molecule has 0 bridgehead atoms. The Hall–Kier alpha value is -3.42. The van der Waals surface area contributed by atoms with Gasteiger partial charge in [-0.25, -0.2) is 9.78 Å². The molecule has 2 N–H and O–H groups in total. The standard InChI is InChI=1S/C20H20N4O4/c25-17-10-16(22-20(27)23-17)19(26)24-8-4-7-14(12-24)18-21-11-15(28-18)9-13-5-2-1-3-6-13/h1-3,5-6,10-11,14H,4,7-9,12H2,(H2,22,23,25,27)/t14-/m0/s1. The molecule has 1 fully saturated rings. The molecule has 144 valence electrons. The van der Waals surface area contributed by atoms with Gasteiger partial charge in [0, 0.05) is 25.6 Å². The zero-order chi connectivity index (χ0) is 19.5. The van der Waals surface area contributed by atoms with E-state index in [1.807, 2.05) is 30.3 Å². The smallest absolute Gasteiger partial charge is 0.326 e. The van der Waals surface area contributed by atoms with Crippen LogP contribution >= 0.6 is 0 Å². The Bertz CT molecular complexity index is 1050. The number of aromatic amines is 2. The summed E-state index contributed by atoms with van der Waals surface area (Å²) in [5.41, 5.74) is -0.156. The van der Waals surface area contributed by atoms with Crippen molar-refractivity contribution in [3.05, 3.63) is 86.3 Å². The third kappa shape index (κ3) is 3.95. The summed E-state index contributed by atoms with van der Waals surface area (Å²) in [6, 6.07) is 11.1. The molecule has 0 aliphatic carbocycles. The van der Waals surface area contributed by atoms with Gasteiger partial charge >= 0.3 is 5.69 Å². The normalized spacial score (nSPS) is 16.9. The Labute approximate surface area is 160 Å². The number of hydrogen-bond donors (Lipinski definition) is 2.